The average Bonchev–Trinajstić information content (AvgIpc) is 2.56. The summed E-state index contributed by atoms with van der Waals surface area (Å²) in [6.07, 6.45) is 5.01. The first-order chi connectivity index (χ1) is 11.8. The molecule has 2 aliphatic rings. The standard InChI is InChI=1S/C11H15NO4.C6H7NO2/c1-4-16-11(15)9-5-8(10(13)14)6(2)12-7(9)3;8-6(9)5-2-1-3-7-4-5/h12H,4-5H2,1-3H3,(H,13,14);1-3,5H,4H2,(H,8,9). The largest absolute Gasteiger partial charge is 0.481 e. The molecule has 0 spiro atoms. The van der Waals surface area contributed by atoms with Gasteiger partial charge in [-0.3, -0.25) is 9.79 Å². The Morgan fingerprint density at radius 1 is 1.24 bits per heavy atom. The predicted molar refractivity (Wildman–Crippen MR) is 91.0 cm³/mol. The third-order valence-electron chi connectivity index (χ3n) is 3.57. The molecule has 25 heavy (non-hydrogen) atoms. The van der Waals surface area contributed by atoms with Crippen LogP contribution in [0.15, 0.2) is 39.7 Å². The summed E-state index contributed by atoms with van der Waals surface area (Å²) in [6, 6.07) is 0. The van der Waals surface area contributed by atoms with Crippen molar-refractivity contribution in [3.63, 3.8) is 0 Å². The molecule has 0 saturated heterocycles. The van der Waals surface area contributed by atoms with Crippen molar-refractivity contribution in [2.45, 2.75) is 27.2 Å². The Morgan fingerprint density at radius 3 is 2.32 bits per heavy atom. The Bertz CT molecular complexity index is 673. The summed E-state index contributed by atoms with van der Waals surface area (Å²) < 4.78 is 4.86. The first kappa shape index (κ1) is 20.1. The highest BCUT2D eigenvalue weighted by Crippen LogP contribution is 2.23. The smallest absolute Gasteiger partial charge is 0.336 e. The highest BCUT2D eigenvalue weighted by Gasteiger charge is 2.25. The fourth-order valence-corrected chi connectivity index (χ4v) is 2.19. The molecule has 2 aliphatic heterocycles. The van der Waals surface area contributed by atoms with Crippen molar-refractivity contribution in [3.8, 4) is 0 Å². The number of rotatable bonds is 4. The van der Waals surface area contributed by atoms with Crippen LogP contribution in [0.25, 0.3) is 0 Å². The summed E-state index contributed by atoms with van der Waals surface area (Å²) in [7, 11) is 0. The Balaban J connectivity index is 0.000000293. The van der Waals surface area contributed by atoms with Gasteiger partial charge in [-0.1, -0.05) is 6.08 Å². The van der Waals surface area contributed by atoms with Crippen LogP contribution in [0.3, 0.4) is 0 Å². The summed E-state index contributed by atoms with van der Waals surface area (Å²) in [4.78, 5) is 36.5. The van der Waals surface area contributed by atoms with Crippen molar-refractivity contribution in [1.29, 1.82) is 0 Å². The number of hydrogen-bond acceptors (Lipinski definition) is 6. The number of carbonyl (C=O) groups is 3. The molecule has 1 atom stereocenters. The molecule has 0 amide bonds. The van der Waals surface area contributed by atoms with Crippen LogP contribution in [-0.2, 0) is 19.1 Å². The van der Waals surface area contributed by atoms with E-state index in [-0.39, 0.29) is 18.6 Å². The lowest BCUT2D eigenvalue weighted by Gasteiger charge is -2.21. The van der Waals surface area contributed by atoms with Gasteiger partial charge in [-0.25, -0.2) is 9.59 Å². The zero-order valence-corrected chi connectivity index (χ0v) is 14.4. The molecule has 0 aromatic rings. The molecule has 2 heterocycles. The minimum atomic E-state index is -1.01. The number of nitrogens with zero attached hydrogens (tertiary/aromatic N) is 1. The van der Waals surface area contributed by atoms with Crippen LogP contribution in [0.1, 0.15) is 27.2 Å². The second-order valence-corrected chi connectivity index (χ2v) is 5.38. The second kappa shape index (κ2) is 9.41. The number of dihydropyridines is 2. The molecular weight excluding hydrogens is 328 g/mol. The van der Waals surface area contributed by atoms with Gasteiger partial charge in [0, 0.05) is 24.0 Å². The molecule has 0 fully saturated rings. The van der Waals surface area contributed by atoms with Crippen LogP contribution in [0, 0.1) is 5.92 Å². The average molecular weight is 350 g/mol. The van der Waals surface area contributed by atoms with Crippen LogP contribution in [0.2, 0.25) is 0 Å². The number of allylic oxidation sites excluding steroid dienone is 3. The highest BCUT2D eigenvalue weighted by atomic mass is 16.5. The van der Waals surface area contributed by atoms with Gasteiger partial charge in [-0.15, -0.1) is 0 Å². The first-order valence-corrected chi connectivity index (χ1v) is 7.74. The summed E-state index contributed by atoms with van der Waals surface area (Å²) in [6.45, 7) is 5.78. The molecule has 8 nitrogen and oxygen atoms in total. The van der Waals surface area contributed by atoms with Gasteiger partial charge in [-0.05, 0) is 26.8 Å². The van der Waals surface area contributed by atoms with E-state index in [2.05, 4.69) is 10.3 Å². The van der Waals surface area contributed by atoms with Gasteiger partial charge >= 0.3 is 17.9 Å². The van der Waals surface area contributed by atoms with E-state index in [4.69, 9.17) is 14.9 Å². The van der Waals surface area contributed by atoms with Crippen molar-refractivity contribution >= 4 is 24.1 Å². The van der Waals surface area contributed by atoms with E-state index in [1.807, 2.05) is 0 Å². The maximum atomic E-state index is 11.5. The van der Waals surface area contributed by atoms with Crippen LogP contribution < -0.4 is 5.32 Å². The third kappa shape index (κ3) is 5.91. The van der Waals surface area contributed by atoms with Crippen LogP contribution >= 0.6 is 0 Å². The Labute approximate surface area is 145 Å². The van der Waals surface area contributed by atoms with Crippen LogP contribution in [0.4, 0.5) is 0 Å². The maximum Gasteiger partial charge on any atom is 0.336 e. The highest BCUT2D eigenvalue weighted by molar-refractivity contribution is 5.95. The lowest BCUT2D eigenvalue weighted by atomic mass is 9.98. The van der Waals surface area contributed by atoms with Gasteiger partial charge in [0.1, 0.15) is 0 Å². The number of carbonyl (C=O) groups excluding carboxylic acids is 1. The normalized spacial score (nSPS) is 18.9. The lowest BCUT2D eigenvalue weighted by Crippen LogP contribution is -2.25. The van der Waals surface area contributed by atoms with Crippen LogP contribution in [-0.4, -0.2) is 47.5 Å². The molecule has 136 valence electrons. The van der Waals surface area contributed by atoms with Crippen LogP contribution in [0.5, 0.6) is 0 Å². The molecule has 0 aromatic heterocycles. The van der Waals surface area contributed by atoms with Crippen molar-refractivity contribution in [2.75, 3.05) is 13.2 Å². The Kier molecular flexibility index (Phi) is 7.58. The summed E-state index contributed by atoms with van der Waals surface area (Å²) in [5.74, 6) is -2.68. The number of nitrogens with one attached hydrogen (secondary N) is 1. The first-order valence-electron chi connectivity index (χ1n) is 7.74. The van der Waals surface area contributed by atoms with E-state index >= 15 is 0 Å². The zero-order chi connectivity index (χ0) is 19.0. The quantitative estimate of drug-likeness (QED) is 0.656. The predicted octanol–water partition coefficient (Wildman–Crippen LogP) is 1.50. The van der Waals surface area contributed by atoms with Crippen molar-refractivity contribution in [2.24, 2.45) is 10.9 Å². The van der Waals surface area contributed by atoms with Crippen molar-refractivity contribution in [1.82, 2.24) is 5.32 Å². The maximum absolute atomic E-state index is 11.5. The van der Waals surface area contributed by atoms with Crippen molar-refractivity contribution in [3.05, 3.63) is 34.7 Å². The van der Waals surface area contributed by atoms with E-state index in [9.17, 15) is 14.4 Å². The molecule has 0 bridgehead atoms. The molecular formula is C17H22N2O6. The van der Waals surface area contributed by atoms with E-state index in [1.165, 1.54) is 0 Å². The van der Waals surface area contributed by atoms with Crippen molar-refractivity contribution < 1.29 is 29.3 Å². The monoisotopic (exact) mass is 350 g/mol. The molecule has 2 rings (SSSR count). The zero-order valence-electron chi connectivity index (χ0n) is 14.4. The van der Waals surface area contributed by atoms with Gasteiger partial charge in [-0.2, -0.15) is 0 Å². The number of hydrogen-bond donors (Lipinski definition) is 3. The van der Waals surface area contributed by atoms with Gasteiger partial charge in [0.25, 0.3) is 0 Å². The summed E-state index contributed by atoms with van der Waals surface area (Å²) in [5.41, 5.74) is 1.80. The minimum absolute atomic E-state index is 0.110. The number of carboxylic acid groups (broad SMARTS) is 2. The molecule has 0 aromatic carbocycles. The Morgan fingerprint density at radius 2 is 1.88 bits per heavy atom. The fourth-order valence-electron chi connectivity index (χ4n) is 2.19. The SMILES string of the molecule is CCOC(=O)C1=C(C)NC(C)=C(C(=O)O)C1.O=C(O)C1C=CC=NC1. The third-order valence-corrected chi connectivity index (χ3v) is 3.57. The summed E-state index contributed by atoms with van der Waals surface area (Å²) >= 11 is 0. The summed E-state index contributed by atoms with van der Waals surface area (Å²) in [5, 5.41) is 20.2. The number of esters is 1. The number of ether oxygens (including phenoxy) is 1. The molecule has 1 unspecified atom stereocenters. The topological polar surface area (TPSA) is 125 Å². The van der Waals surface area contributed by atoms with E-state index < -0.39 is 23.8 Å². The Hall–Kier alpha value is -2.90. The van der Waals surface area contributed by atoms with E-state index in [0.717, 1.165) is 0 Å². The molecule has 0 saturated carbocycles. The van der Waals surface area contributed by atoms with Gasteiger partial charge in [0.15, 0.2) is 0 Å². The minimum Gasteiger partial charge on any atom is -0.481 e. The molecule has 0 radical (unpaired) electrons. The van der Waals surface area contributed by atoms with Gasteiger partial charge < -0.3 is 20.3 Å². The molecule has 0 aliphatic carbocycles. The number of aliphatic carboxylic acids is 2. The molecule has 8 heteroatoms. The van der Waals surface area contributed by atoms with Gasteiger partial charge in [0.05, 0.1) is 30.2 Å². The lowest BCUT2D eigenvalue weighted by molar-refractivity contribution is -0.140. The fraction of sp³-hybridized carbons (Fsp3) is 0.412. The number of carboxylic acids is 2. The molecule has 3 N–H and O–H groups in total. The second-order valence-electron chi connectivity index (χ2n) is 5.38. The number of aliphatic imine (C=N–C) groups is 1. The van der Waals surface area contributed by atoms with E-state index in [1.54, 1.807) is 39.1 Å². The van der Waals surface area contributed by atoms with Gasteiger partial charge in [0.2, 0.25) is 0 Å². The van der Waals surface area contributed by atoms with E-state index in [0.29, 0.717) is 23.5 Å².